The van der Waals surface area contributed by atoms with Gasteiger partial charge >= 0.3 is 11.9 Å². The molecule has 0 radical (unpaired) electrons. The average Bonchev–Trinajstić information content (AvgIpc) is 2.98. The van der Waals surface area contributed by atoms with Gasteiger partial charge < -0.3 is 18.9 Å². The van der Waals surface area contributed by atoms with Gasteiger partial charge in [-0.25, -0.2) is 9.59 Å². The van der Waals surface area contributed by atoms with Crippen LogP contribution >= 0.6 is 0 Å². The van der Waals surface area contributed by atoms with Crippen LogP contribution in [0.1, 0.15) is 99.4 Å². The molecule has 0 atom stereocenters. The minimum absolute atomic E-state index is 0.344. The molecule has 0 heterocycles. The number of unbranched alkanes of at least 4 members (excludes halogenated alkanes) is 7. The van der Waals surface area contributed by atoms with Gasteiger partial charge in [0.05, 0.1) is 31.5 Å². The number of esters is 2. The third-order valence-corrected chi connectivity index (χ3v) is 6.98. The number of carbonyl (C=O) groups excluding carboxylic acids is 2. The normalized spacial score (nSPS) is 13.5. The van der Waals surface area contributed by atoms with Gasteiger partial charge in [0, 0.05) is 6.08 Å². The lowest BCUT2D eigenvalue weighted by Gasteiger charge is -2.22. The summed E-state index contributed by atoms with van der Waals surface area (Å²) in [5.41, 5.74) is 1.58. The van der Waals surface area contributed by atoms with E-state index in [0.29, 0.717) is 37.2 Å². The van der Waals surface area contributed by atoms with E-state index in [1.54, 1.807) is 12.1 Å². The smallest absolute Gasteiger partial charge is 0.343 e. The number of ether oxygens (including phenoxy) is 4. The molecule has 6 heteroatoms. The summed E-state index contributed by atoms with van der Waals surface area (Å²) in [6.45, 7) is 5.12. The fourth-order valence-electron chi connectivity index (χ4n) is 4.64. The maximum atomic E-state index is 12.5. The van der Waals surface area contributed by atoms with E-state index in [2.05, 4.69) is 6.58 Å². The van der Waals surface area contributed by atoms with Gasteiger partial charge in [0.25, 0.3) is 0 Å². The zero-order valence-corrected chi connectivity index (χ0v) is 23.2. The van der Waals surface area contributed by atoms with Gasteiger partial charge in [-0.15, -0.1) is 0 Å². The number of hydrogen-bond acceptors (Lipinski definition) is 6. The Morgan fingerprint density at radius 1 is 0.744 bits per heavy atom. The Balaban J connectivity index is 1.23. The van der Waals surface area contributed by atoms with Crippen molar-refractivity contribution >= 4 is 11.9 Å². The summed E-state index contributed by atoms with van der Waals surface area (Å²) in [5, 5.41) is 0. The van der Waals surface area contributed by atoms with Crippen molar-refractivity contribution in [3.05, 3.63) is 72.3 Å². The predicted molar refractivity (Wildman–Crippen MR) is 153 cm³/mol. The lowest BCUT2D eigenvalue weighted by molar-refractivity contribution is -0.137. The second-order valence-corrected chi connectivity index (χ2v) is 10.2. The Kier molecular flexibility index (Phi) is 14.2. The zero-order chi connectivity index (χ0) is 27.5. The van der Waals surface area contributed by atoms with Gasteiger partial charge in [-0.3, -0.25) is 0 Å². The molecule has 0 unspecified atom stereocenters. The molecule has 0 aromatic heterocycles. The Morgan fingerprint density at radius 3 is 1.97 bits per heavy atom. The molecule has 39 heavy (non-hydrogen) atoms. The molecule has 6 nitrogen and oxygen atoms in total. The van der Waals surface area contributed by atoms with Crippen molar-refractivity contribution in [2.45, 2.75) is 96.2 Å². The largest absolute Gasteiger partial charge is 0.494 e. The van der Waals surface area contributed by atoms with Gasteiger partial charge in [0.1, 0.15) is 11.5 Å². The highest BCUT2D eigenvalue weighted by atomic mass is 16.5. The molecular weight excluding hydrogens is 492 g/mol. The quantitative estimate of drug-likeness (QED) is 0.0832. The van der Waals surface area contributed by atoms with Crippen LogP contribution in [0.25, 0.3) is 0 Å². The molecule has 0 spiro atoms. The van der Waals surface area contributed by atoms with Crippen LogP contribution in [0, 0.1) is 0 Å². The van der Waals surface area contributed by atoms with Gasteiger partial charge in [0.2, 0.25) is 0 Å². The molecular formula is C33H44O6. The molecule has 1 fully saturated rings. The van der Waals surface area contributed by atoms with Crippen molar-refractivity contribution in [2.24, 2.45) is 0 Å². The summed E-state index contributed by atoms with van der Waals surface area (Å²) in [6, 6.07) is 14.6. The van der Waals surface area contributed by atoms with E-state index >= 15 is 0 Å². The van der Waals surface area contributed by atoms with Gasteiger partial charge in [-0.2, -0.15) is 0 Å². The Hall–Kier alpha value is -3.12. The zero-order valence-electron chi connectivity index (χ0n) is 23.2. The first-order valence-corrected chi connectivity index (χ1v) is 14.6. The maximum absolute atomic E-state index is 12.5. The molecule has 1 aliphatic rings. The lowest BCUT2D eigenvalue weighted by Crippen LogP contribution is -2.16. The molecule has 2 aromatic carbocycles. The van der Waals surface area contributed by atoms with E-state index in [4.69, 9.17) is 18.9 Å². The maximum Gasteiger partial charge on any atom is 0.343 e. The molecule has 1 aliphatic carbocycles. The van der Waals surface area contributed by atoms with Crippen molar-refractivity contribution < 1.29 is 28.5 Å². The molecule has 2 aromatic rings. The molecule has 0 N–H and O–H groups in total. The molecule has 0 aliphatic heterocycles. The van der Waals surface area contributed by atoms with Crippen LogP contribution in [0.3, 0.4) is 0 Å². The number of rotatable bonds is 18. The monoisotopic (exact) mass is 536 g/mol. The topological polar surface area (TPSA) is 71.1 Å². The van der Waals surface area contributed by atoms with E-state index < -0.39 is 0 Å². The van der Waals surface area contributed by atoms with Crippen LogP contribution in [0.2, 0.25) is 0 Å². The summed E-state index contributed by atoms with van der Waals surface area (Å²) in [5.74, 6) is 0.551. The summed E-state index contributed by atoms with van der Waals surface area (Å²) in [7, 11) is 0. The molecule has 212 valence electrons. The Labute approximate surface area is 233 Å². The second-order valence-electron chi connectivity index (χ2n) is 10.2. The van der Waals surface area contributed by atoms with E-state index in [1.807, 2.05) is 36.4 Å². The van der Waals surface area contributed by atoms with Crippen molar-refractivity contribution in [3.8, 4) is 11.5 Å². The van der Waals surface area contributed by atoms with Crippen molar-refractivity contribution in [3.63, 3.8) is 0 Å². The highest BCUT2D eigenvalue weighted by Crippen LogP contribution is 2.22. The Bertz CT molecular complexity index is 976. The summed E-state index contributed by atoms with van der Waals surface area (Å²) in [4.78, 5) is 23.5. The third-order valence-electron chi connectivity index (χ3n) is 6.98. The highest BCUT2D eigenvalue weighted by molar-refractivity contribution is 5.91. The minimum Gasteiger partial charge on any atom is -0.494 e. The average molecular weight is 537 g/mol. The highest BCUT2D eigenvalue weighted by Gasteiger charge is 2.14. The van der Waals surface area contributed by atoms with Gasteiger partial charge in [-0.05, 0) is 67.6 Å². The predicted octanol–water partition coefficient (Wildman–Crippen LogP) is 7.98. The van der Waals surface area contributed by atoms with Crippen molar-refractivity contribution in [1.29, 1.82) is 0 Å². The fourth-order valence-corrected chi connectivity index (χ4v) is 4.64. The number of carbonyl (C=O) groups is 2. The SMILES string of the molecule is C=CC(=O)OCCCCCCCCCCOc1ccc(C(=O)Oc2ccc(COC3CCCCC3)cc2)cc1. The van der Waals surface area contributed by atoms with E-state index in [-0.39, 0.29) is 11.9 Å². The summed E-state index contributed by atoms with van der Waals surface area (Å²) >= 11 is 0. The van der Waals surface area contributed by atoms with Crippen LogP contribution in [0.15, 0.2) is 61.2 Å². The van der Waals surface area contributed by atoms with Crippen molar-refractivity contribution in [2.75, 3.05) is 13.2 Å². The fraction of sp³-hybridized carbons (Fsp3) is 0.515. The first-order chi connectivity index (χ1) is 19.1. The van der Waals surface area contributed by atoms with Crippen molar-refractivity contribution in [1.82, 2.24) is 0 Å². The van der Waals surface area contributed by atoms with Gasteiger partial charge in [0.15, 0.2) is 0 Å². The first-order valence-electron chi connectivity index (χ1n) is 14.6. The summed E-state index contributed by atoms with van der Waals surface area (Å²) in [6.07, 6.45) is 16.6. The van der Waals surface area contributed by atoms with Crippen LogP contribution in [-0.2, 0) is 20.9 Å². The first kappa shape index (κ1) is 30.4. The second kappa shape index (κ2) is 18.2. The number of hydrogen-bond donors (Lipinski definition) is 0. The summed E-state index contributed by atoms with van der Waals surface area (Å²) < 4.78 is 22.3. The van der Waals surface area contributed by atoms with E-state index in [1.165, 1.54) is 44.6 Å². The molecule has 0 amide bonds. The van der Waals surface area contributed by atoms with Crippen LogP contribution in [0.5, 0.6) is 11.5 Å². The van der Waals surface area contributed by atoms with Crippen LogP contribution in [0.4, 0.5) is 0 Å². The Morgan fingerprint density at radius 2 is 1.33 bits per heavy atom. The van der Waals surface area contributed by atoms with E-state index in [0.717, 1.165) is 56.3 Å². The molecule has 0 saturated heterocycles. The number of benzene rings is 2. The van der Waals surface area contributed by atoms with E-state index in [9.17, 15) is 9.59 Å². The molecule has 3 rings (SSSR count). The third kappa shape index (κ3) is 12.5. The molecule has 0 bridgehead atoms. The van der Waals surface area contributed by atoms with Crippen LogP contribution in [-0.4, -0.2) is 31.3 Å². The van der Waals surface area contributed by atoms with Crippen LogP contribution < -0.4 is 9.47 Å². The standard InChI is InChI=1S/C33H44O6/c1-2-32(34)37-25-13-8-6-4-3-5-7-12-24-36-30-22-18-28(19-23-30)33(35)39-31-20-16-27(17-21-31)26-38-29-14-10-9-11-15-29/h2,16-23,29H,1,3-15,24-26H2. The minimum atomic E-state index is -0.384. The molecule has 1 saturated carbocycles. The lowest BCUT2D eigenvalue weighted by atomic mass is 9.98. The van der Waals surface area contributed by atoms with Gasteiger partial charge in [-0.1, -0.05) is 76.5 Å².